The third-order valence-corrected chi connectivity index (χ3v) is 3.04. The topological polar surface area (TPSA) is 104 Å². The van der Waals surface area contributed by atoms with Crippen LogP contribution in [0.2, 0.25) is 0 Å². The molecule has 0 aromatic carbocycles. The second-order valence-corrected chi connectivity index (χ2v) is 4.37. The first kappa shape index (κ1) is 13.2. The van der Waals surface area contributed by atoms with Gasteiger partial charge in [-0.05, 0) is 11.4 Å². The van der Waals surface area contributed by atoms with E-state index in [1.807, 2.05) is 0 Å². The zero-order valence-corrected chi connectivity index (χ0v) is 10.7. The molecule has 0 atom stereocenters. The number of carbonyl (C=O) groups is 1. The Morgan fingerprint density at radius 3 is 3.21 bits per heavy atom. The van der Waals surface area contributed by atoms with Gasteiger partial charge in [0.1, 0.15) is 4.88 Å². The highest BCUT2D eigenvalue weighted by Gasteiger charge is 2.12. The number of hydrogen-bond donors (Lipinski definition) is 3. The minimum atomic E-state index is -0.229. The highest BCUT2D eigenvalue weighted by Crippen LogP contribution is 2.15. The van der Waals surface area contributed by atoms with Gasteiger partial charge in [0.15, 0.2) is 5.82 Å². The van der Waals surface area contributed by atoms with E-state index in [0.29, 0.717) is 22.7 Å². The van der Waals surface area contributed by atoms with Crippen LogP contribution in [0.4, 0.5) is 0 Å². The van der Waals surface area contributed by atoms with E-state index in [-0.39, 0.29) is 19.1 Å². The highest BCUT2D eigenvalue weighted by atomic mass is 32.1. The van der Waals surface area contributed by atoms with Crippen molar-refractivity contribution in [3.63, 3.8) is 0 Å². The van der Waals surface area contributed by atoms with E-state index in [9.17, 15) is 4.79 Å². The molecule has 0 unspecified atom stereocenters. The van der Waals surface area contributed by atoms with Crippen molar-refractivity contribution in [1.29, 1.82) is 0 Å². The molecule has 3 N–H and O–H groups in total. The van der Waals surface area contributed by atoms with E-state index >= 15 is 0 Å². The normalized spacial score (nSPS) is 9.74. The maximum atomic E-state index is 12.0. The number of carbonyl (C=O) groups excluding carboxylic acids is 1. The Balaban J connectivity index is 1.99. The van der Waals surface area contributed by atoms with Crippen molar-refractivity contribution in [3.05, 3.63) is 27.7 Å². The fourth-order valence-corrected chi connectivity index (χ4v) is 2.06. The summed E-state index contributed by atoms with van der Waals surface area (Å²) in [4.78, 5) is 12.5. The van der Waals surface area contributed by atoms with E-state index in [0.717, 1.165) is 0 Å². The lowest BCUT2D eigenvalue weighted by Crippen LogP contribution is -2.23. The maximum absolute atomic E-state index is 12.0. The number of rotatable bonds is 4. The second-order valence-electron chi connectivity index (χ2n) is 3.45. The van der Waals surface area contributed by atoms with Gasteiger partial charge in [0, 0.05) is 12.0 Å². The van der Waals surface area contributed by atoms with Crippen LogP contribution in [-0.2, 0) is 6.54 Å². The molecule has 1 amide bonds. The van der Waals surface area contributed by atoms with Gasteiger partial charge >= 0.3 is 0 Å². The lowest BCUT2D eigenvalue weighted by molar-refractivity contribution is 0.0954. The zero-order valence-electron chi connectivity index (χ0n) is 9.88. The van der Waals surface area contributed by atoms with Crippen LogP contribution >= 0.6 is 11.3 Å². The molecule has 2 aromatic heterocycles. The minimum absolute atomic E-state index is 0.0104. The van der Waals surface area contributed by atoms with Gasteiger partial charge in [-0.25, -0.2) is 0 Å². The van der Waals surface area contributed by atoms with Crippen molar-refractivity contribution in [3.8, 4) is 11.8 Å². The quantitative estimate of drug-likeness (QED) is 0.678. The SMILES string of the molecule is O=C(NCc1nn[nH]n1)c1sccc1C#CCCO. The van der Waals surface area contributed by atoms with Gasteiger partial charge in [-0.1, -0.05) is 17.1 Å². The van der Waals surface area contributed by atoms with E-state index in [4.69, 9.17) is 5.11 Å². The Labute approximate surface area is 113 Å². The summed E-state index contributed by atoms with van der Waals surface area (Å²) in [5, 5.41) is 26.3. The van der Waals surface area contributed by atoms with Crippen LogP contribution in [-0.4, -0.2) is 38.2 Å². The molecule has 2 heterocycles. The summed E-state index contributed by atoms with van der Waals surface area (Å²) in [6, 6.07) is 1.78. The minimum Gasteiger partial charge on any atom is -0.395 e. The van der Waals surface area contributed by atoms with E-state index < -0.39 is 0 Å². The molecule has 0 aliphatic rings. The molecule has 2 rings (SSSR count). The second kappa shape index (κ2) is 6.63. The summed E-state index contributed by atoms with van der Waals surface area (Å²) < 4.78 is 0. The number of aliphatic hydroxyl groups is 1. The van der Waals surface area contributed by atoms with Crippen molar-refractivity contribution >= 4 is 17.2 Å². The predicted octanol–water partition coefficient (Wildman–Crippen LogP) is -0.0749. The Kier molecular flexibility index (Phi) is 4.60. The lowest BCUT2D eigenvalue weighted by atomic mass is 10.2. The molecule has 0 aliphatic carbocycles. The summed E-state index contributed by atoms with van der Waals surface area (Å²) >= 11 is 1.31. The summed E-state index contributed by atoms with van der Waals surface area (Å²) in [5.74, 6) is 5.83. The van der Waals surface area contributed by atoms with Crippen molar-refractivity contribution in [2.45, 2.75) is 13.0 Å². The zero-order chi connectivity index (χ0) is 13.5. The molecule has 0 saturated carbocycles. The molecule has 8 heteroatoms. The van der Waals surface area contributed by atoms with Crippen LogP contribution in [0.25, 0.3) is 0 Å². The lowest BCUT2D eigenvalue weighted by Gasteiger charge is -2.00. The predicted molar refractivity (Wildman–Crippen MR) is 68.2 cm³/mol. The molecule has 0 bridgehead atoms. The van der Waals surface area contributed by atoms with E-state index in [1.165, 1.54) is 11.3 Å². The van der Waals surface area contributed by atoms with Crippen LogP contribution in [0.3, 0.4) is 0 Å². The van der Waals surface area contributed by atoms with Crippen molar-refractivity contribution in [2.24, 2.45) is 0 Å². The molecule has 0 aliphatic heterocycles. The van der Waals surface area contributed by atoms with Crippen molar-refractivity contribution < 1.29 is 9.90 Å². The molecule has 0 radical (unpaired) electrons. The number of hydrogen-bond acceptors (Lipinski definition) is 6. The number of amides is 1. The number of aliphatic hydroxyl groups excluding tert-OH is 1. The first-order chi connectivity index (χ1) is 9.31. The molecule has 19 heavy (non-hydrogen) atoms. The van der Waals surface area contributed by atoms with Crippen LogP contribution in [0.5, 0.6) is 0 Å². The smallest absolute Gasteiger partial charge is 0.263 e. The number of aromatic amines is 1. The summed E-state index contributed by atoms with van der Waals surface area (Å²) in [7, 11) is 0. The number of tetrazole rings is 1. The Morgan fingerprint density at radius 1 is 1.58 bits per heavy atom. The third-order valence-electron chi connectivity index (χ3n) is 2.13. The first-order valence-electron chi connectivity index (χ1n) is 5.49. The molecule has 7 nitrogen and oxygen atoms in total. The Hall–Kier alpha value is -2.24. The van der Waals surface area contributed by atoms with Gasteiger partial charge in [0.2, 0.25) is 0 Å². The molecule has 0 fully saturated rings. The Morgan fingerprint density at radius 2 is 2.47 bits per heavy atom. The van der Waals surface area contributed by atoms with Crippen LogP contribution in [0.15, 0.2) is 11.4 Å². The standard InChI is InChI=1S/C11H11N5O2S/c17-5-2-1-3-8-4-6-19-10(8)11(18)12-7-9-13-15-16-14-9/h4,6,17H,2,5,7H2,(H,12,18)(H,13,14,15,16). The summed E-state index contributed by atoms with van der Waals surface area (Å²) in [5.41, 5.74) is 0.657. The fourth-order valence-electron chi connectivity index (χ4n) is 1.29. The van der Waals surface area contributed by atoms with Gasteiger partial charge in [-0.15, -0.1) is 21.5 Å². The van der Waals surface area contributed by atoms with Gasteiger partial charge in [0.05, 0.1) is 13.2 Å². The molecule has 0 spiro atoms. The average molecular weight is 277 g/mol. The third kappa shape index (κ3) is 3.61. The van der Waals surface area contributed by atoms with Crippen molar-refractivity contribution in [1.82, 2.24) is 25.9 Å². The number of aromatic nitrogens is 4. The summed E-state index contributed by atoms with van der Waals surface area (Å²) in [6.07, 6.45) is 0.389. The number of nitrogens with one attached hydrogen (secondary N) is 2. The molecular weight excluding hydrogens is 266 g/mol. The van der Waals surface area contributed by atoms with E-state index in [2.05, 4.69) is 37.8 Å². The number of thiophene rings is 1. The number of nitrogens with zero attached hydrogens (tertiary/aromatic N) is 3. The maximum Gasteiger partial charge on any atom is 0.263 e. The largest absolute Gasteiger partial charge is 0.395 e. The summed E-state index contributed by atoms with van der Waals surface area (Å²) in [6.45, 7) is 0.216. The van der Waals surface area contributed by atoms with Gasteiger partial charge in [-0.2, -0.15) is 5.21 Å². The molecular formula is C11H11N5O2S. The fraction of sp³-hybridized carbons (Fsp3) is 0.273. The van der Waals surface area contributed by atoms with Crippen LogP contribution in [0.1, 0.15) is 27.5 Å². The monoisotopic (exact) mass is 277 g/mol. The average Bonchev–Trinajstić information content (AvgIpc) is 3.07. The first-order valence-corrected chi connectivity index (χ1v) is 6.37. The molecule has 2 aromatic rings. The van der Waals surface area contributed by atoms with E-state index in [1.54, 1.807) is 11.4 Å². The highest BCUT2D eigenvalue weighted by molar-refractivity contribution is 7.12. The van der Waals surface area contributed by atoms with Gasteiger partial charge < -0.3 is 10.4 Å². The van der Waals surface area contributed by atoms with Crippen molar-refractivity contribution in [2.75, 3.05) is 6.61 Å². The molecule has 0 saturated heterocycles. The number of H-pyrrole nitrogens is 1. The molecule has 98 valence electrons. The Bertz CT molecular complexity index is 596. The van der Waals surface area contributed by atoms with Gasteiger partial charge in [0.25, 0.3) is 5.91 Å². The van der Waals surface area contributed by atoms with Crippen LogP contribution in [0, 0.1) is 11.8 Å². The van der Waals surface area contributed by atoms with Gasteiger partial charge in [-0.3, -0.25) is 4.79 Å². The van der Waals surface area contributed by atoms with Crippen LogP contribution < -0.4 is 5.32 Å².